The maximum absolute atomic E-state index is 13.8. The lowest BCUT2D eigenvalue weighted by Gasteiger charge is -2.20. The predicted octanol–water partition coefficient (Wildman–Crippen LogP) is 3.37. The fourth-order valence-electron chi connectivity index (χ4n) is 2.62. The molecule has 0 radical (unpaired) electrons. The molecule has 1 aliphatic rings. The summed E-state index contributed by atoms with van der Waals surface area (Å²) in [5.74, 6) is -0.372. The first-order valence-electron chi connectivity index (χ1n) is 7.85. The van der Waals surface area contributed by atoms with Gasteiger partial charge in [0.15, 0.2) is 11.5 Å². The standard InChI is InChI=1S/C18H18F2N2O3/c1-10(14-5-3-12(19)7-15(14)20)21-11(2)18(23)22-13-4-6-16-17(8-13)25-9-24-16/h3-8,10-11,21H,9H2,1-2H3,(H,22,23)/t10-,11-/m1/s1. The summed E-state index contributed by atoms with van der Waals surface area (Å²) < 4.78 is 37.3. The molecule has 0 unspecified atom stereocenters. The van der Waals surface area contributed by atoms with Crippen molar-refractivity contribution in [1.29, 1.82) is 0 Å². The molecule has 0 aromatic heterocycles. The molecule has 0 aliphatic carbocycles. The number of anilines is 1. The summed E-state index contributed by atoms with van der Waals surface area (Å²) in [6, 6.07) is 7.43. The number of rotatable bonds is 5. The summed E-state index contributed by atoms with van der Waals surface area (Å²) >= 11 is 0. The van der Waals surface area contributed by atoms with E-state index in [1.807, 2.05) is 0 Å². The molecular formula is C18H18F2N2O3. The Balaban J connectivity index is 1.62. The van der Waals surface area contributed by atoms with Crippen molar-refractivity contribution in [1.82, 2.24) is 5.32 Å². The Bertz CT molecular complexity index is 798. The zero-order valence-corrected chi connectivity index (χ0v) is 13.8. The van der Waals surface area contributed by atoms with Crippen molar-refractivity contribution in [3.8, 4) is 11.5 Å². The number of carbonyl (C=O) groups excluding carboxylic acids is 1. The highest BCUT2D eigenvalue weighted by Gasteiger charge is 2.20. The topological polar surface area (TPSA) is 59.6 Å². The molecule has 0 spiro atoms. The first-order valence-corrected chi connectivity index (χ1v) is 7.85. The third-order valence-electron chi connectivity index (χ3n) is 3.96. The molecule has 5 nitrogen and oxygen atoms in total. The first kappa shape index (κ1) is 17.2. The quantitative estimate of drug-likeness (QED) is 0.870. The van der Waals surface area contributed by atoms with Gasteiger partial charge < -0.3 is 14.8 Å². The van der Waals surface area contributed by atoms with E-state index in [9.17, 15) is 13.6 Å². The van der Waals surface area contributed by atoms with E-state index in [-0.39, 0.29) is 12.7 Å². The maximum atomic E-state index is 13.8. The minimum absolute atomic E-state index is 0.158. The van der Waals surface area contributed by atoms with E-state index in [4.69, 9.17) is 9.47 Å². The van der Waals surface area contributed by atoms with Gasteiger partial charge in [0.2, 0.25) is 12.7 Å². The monoisotopic (exact) mass is 348 g/mol. The third kappa shape index (κ3) is 3.88. The molecule has 7 heteroatoms. The molecule has 2 aromatic rings. The summed E-state index contributed by atoms with van der Waals surface area (Å²) in [5, 5.41) is 5.76. The van der Waals surface area contributed by atoms with Crippen LogP contribution in [0.5, 0.6) is 11.5 Å². The van der Waals surface area contributed by atoms with Crippen LogP contribution in [-0.2, 0) is 4.79 Å². The summed E-state index contributed by atoms with van der Waals surface area (Å²) in [6.45, 7) is 3.53. The van der Waals surface area contributed by atoms with Crippen LogP contribution in [-0.4, -0.2) is 18.7 Å². The van der Waals surface area contributed by atoms with Gasteiger partial charge in [-0.05, 0) is 32.0 Å². The number of carbonyl (C=O) groups is 1. The molecule has 2 N–H and O–H groups in total. The number of benzene rings is 2. The van der Waals surface area contributed by atoms with Crippen LogP contribution in [0.4, 0.5) is 14.5 Å². The van der Waals surface area contributed by atoms with Crippen molar-refractivity contribution < 1.29 is 23.0 Å². The van der Waals surface area contributed by atoms with Crippen molar-refractivity contribution in [2.24, 2.45) is 0 Å². The fraction of sp³-hybridized carbons (Fsp3) is 0.278. The van der Waals surface area contributed by atoms with E-state index in [2.05, 4.69) is 10.6 Å². The van der Waals surface area contributed by atoms with Crippen LogP contribution in [0.25, 0.3) is 0 Å². The Hall–Kier alpha value is -2.67. The van der Waals surface area contributed by atoms with Gasteiger partial charge in [0.05, 0.1) is 6.04 Å². The summed E-state index contributed by atoms with van der Waals surface area (Å²) in [6.07, 6.45) is 0. The molecule has 2 atom stereocenters. The number of amides is 1. The van der Waals surface area contributed by atoms with Gasteiger partial charge >= 0.3 is 0 Å². The molecule has 1 amide bonds. The highest BCUT2D eigenvalue weighted by atomic mass is 19.1. The van der Waals surface area contributed by atoms with Crippen LogP contribution in [0, 0.1) is 11.6 Å². The smallest absolute Gasteiger partial charge is 0.241 e. The first-order chi connectivity index (χ1) is 11.9. The lowest BCUT2D eigenvalue weighted by Crippen LogP contribution is -2.39. The second-order valence-electron chi connectivity index (χ2n) is 5.83. The second-order valence-corrected chi connectivity index (χ2v) is 5.83. The molecule has 132 valence electrons. The number of fused-ring (bicyclic) bond motifs is 1. The Morgan fingerprint density at radius 1 is 1.08 bits per heavy atom. The minimum Gasteiger partial charge on any atom is -0.454 e. The summed E-state index contributed by atoms with van der Waals surface area (Å²) in [5.41, 5.74) is 0.868. The van der Waals surface area contributed by atoms with E-state index in [0.717, 1.165) is 6.07 Å². The molecule has 3 rings (SSSR count). The van der Waals surface area contributed by atoms with Gasteiger partial charge in [0.1, 0.15) is 11.6 Å². The molecule has 2 aromatic carbocycles. The summed E-state index contributed by atoms with van der Waals surface area (Å²) in [7, 11) is 0. The predicted molar refractivity (Wildman–Crippen MR) is 88.6 cm³/mol. The Morgan fingerprint density at radius 3 is 2.60 bits per heavy atom. The average molecular weight is 348 g/mol. The van der Waals surface area contributed by atoms with Gasteiger partial charge in [-0.15, -0.1) is 0 Å². The SMILES string of the molecule is C[C@@H](N[C@H](C)c1ccc(F)cc1F)C(=O)Nc1ccc2c(c1)OCO2. The molecule has 0 bridgehead atoms. The van der Waals surface area contributed by atoms with Crippen LogP contribution in [0.1, 0.15) is 25.5 Å². The van der Waals surface area contributed by atoms with Crippen LogP contribution in [0.15, 0.2) is 36.4 Å². The van der Waals surface area contributed by atoms with Crippen LogP contribution in [0.3, 0.4) is 0 Å². The van der Waals surface area contributed by atoms with E-state index < -0.39 is 23.7 Å². The number of ether oxygens (including phenoxy) is 2. The largest absolute Gasteiger partial charge is 0.454 e. The lowest BCUT2D eigenvalue weighted by molar-refractivity contribution is -0.117. The van der Waals surface area contributed by atoms with Crippen molar-refractivity contribution in [3.05, 3.63) is 53.6 Å². The van der Waals surface area contributed by atoms with E-state index >= 15 is 0 Å². The van der Waals surface area contributed by atoms with Gasteiger partial charge in [0.25, 0.3) is 0 Å². The molecule has 1 aliphatic heterocycles. The van der Waals surface area contributed by atoms with Crippen molar-refractivity contribution in [2.75, 3.05) is 12.1 Å². The van der Waals surface area contributed by atoms with Gasteiger partial charge in [-0.2, -0.15) is 0 Å². The maximum Gasteiger partial charge on any atom is 0.241 e. The Labute approximate surface area is 143 Å². The second kappa shape index (κ2) is 7.06. The van der Waals surface area contributed by atoms with Crippen molar-refractivity contribution >= 4 is 11.6 Å². The van der Waals surface area contributed by atoms with Crippen molar-refractivity contribution in [2.45, 2.75) is 25.9 Å². The lowest BCUT2D eigenvalue weighted by atomic mass is 10.1. The third-order valence-corrected chi connectivity index (χ3v) is 3.96. The minimum atomic E-state index is -0.650. The van der Waals surface area contributed by atoms with E-state index in [1.54, 1.807) is 32.0 Å². The molecule has 0 saturated heterocycles. The number of nitrogens with one attached hydrogen (secondary N) is 2. The molecular weight excluding hydrogens is 330 g/mol. The van der Waals surface area contributed by atoms with Gasteiger partial charge in [-0.25, -0.2) is 8.78 Å². The van der Waals surface area contributed by atoms with Gasteiger partial charge in [-0.1, -0.05) is 6.07 Å². The Kier molecular flexibility index (Phi) is 4.85. The fourth-order valence-corrected chi connectivity index (χ4v) is 2.62. The molecule has 0 saturated carbocycles. The Morgan fingerprint density at radius 2 is 1.84 bits per heavy atom. The molecule has 1 heterocycles. The zero-order valence-electron chi connectivity index (χ0n) is 13.8. The highest BCUT2D eigenvalue weighted by Crippen LogP contribution is 2.34. The summed E-state index contributed by atoms with van der Waals surface area (Å²) in [4.78, 5) is 12.3. The normalized spacial score (nSPS) is 14.9. The number of hydrogen-bond acceptors (Lipinski definition) is 4. The highest BCUT2D eigenvalue weighted by molar-refractivity contribution is 5.94. The molecule has 25 heavy (non-hydrogen) atoms. The average Bonchev–Trinajstić information content (AvgIpc) is 3.02. The number of halogens is 2. The van der Waals surface area contributed by atoms with Gasteiger partial charge in [-0.3, -0.25) is 10.1 Å². The zero-order chi connectivity index (χ0) is 18.0. The van der Waals surface area contributed by atoms with Crippen molar-refractivity contribution in [3.63, 3.8) is 0 Å². The van der Waals surface area contributed by atoms with Gasteiger partial charge in [0, 0.05) is 29.4 Å². The van der Waals surface area contributed by atoms with Crippen LogP contribution >= 0.6 is 0 Å². The van der Waals surface area contributed by atoms with Crippen LogP contribution < -0.4 is 20.1 Å². The molecule has 0 fully saturated rings. The van der Waals surface area contributed by atoms with E-state index in [0.29, 0.717) is 22.7 Å². The van der Waals surface area contributed by atoms with Crippen LogP contribution in [0.2, 0.25) is 0 Å². The van der Waals surface area contributed by atoms with E-state index in [1.165, 1.54) is 12.1 Å². The number of hydrogen-bond donors (Lipinski definition) is 2.